The van der Waals surface area contributed by atoms with Crippen molar-refractivity contribution in [1.29, 1.82) is 5.26 Å². The Morgan fingerprint density at radius 2 is 2.09 bits per heavy atom. The summed E-state index contributed by atoms with van der Waals surface area (Å²) >= 11 is 3.46. The molecule has 116 valence electrons. The van der Waals surface area contributed by atoms with Gasteiger partial charge in [-0.1, -0.05) is 25.3 Å². The normalized spacial score (nSPS) is 16.0. The minimum absolute atomic E-state index is 0.0954. The zero-order valence-electron chi connectivity index (χ0n) is 12.7. The first-order valence-electron chi connectivity index (χ1n) is 7.54. The summed E-state index contributed by atoms with van der Waals surface area (Å²) in [6.45, 7) is 2.00. The third-order valence-electron chi connectivity index (χ3n) is 3.80. The molecule has 1 aliphatic rings. The second-order valence-corrected chi connectivity index (χ2v) is 6.46. The van der Waals surface area contributed by atoms with Crippen LogP contribution in [0.2, 0.25) is 0 Å². The van der Waals surface area contributed by atoms with Crippen LogP contribution in [-0.2, 0) is 4.79 Å². The maximum absolute atomic E-state index is 12.1. The summed E-state index contributed by atoms with van der Waals surface area (Å²) in [6.07, 6.45) is 6.99. The Kier molecular flexibility index (Phi) is 6.02. The van der Waals surface area contributed by atoms with E-state index in [9.17, 15) is 10.1 Å². The number of nitriles is 1. The average molecular weight is 362 g/mol. The highest BCUT2D eigenvalue weighted by Gasteiger charge is 2.18. The Hall–Kier alpha value is -1.80. The van der Waals surface area contributed by atoms with E-state index in [-0.39, 0.29) is 17.5 Å². The van der Waals surface area contributed by atoms with Gasteiger partial charge in [-0.3, -0.25) is 4.79 Å². The lowest BCUT2D eigenvalue weighted by atomic mass is 9.95. The van der Waals surface area contributed by atoms with E-state index < -0.39 is 0 Å². The highest BCUT2D eigenvalue weighted by atomic mass is 79.9. The highest BCUT2D eigenvalue weighted by molar-refractivity contribution is 9.10. The Labute approximate surface area is 139 Å². The van der Waals surface area contributed by atoms with Crippen molar-refractivity contribution in [2.24, 2.45) is 0 Å². The molecule has 1 amide bonds. The molecule has 1 aromatic carbocycles. The molecule has 0 saturated heterocycles. The van der Waals surface area contributed by atoms with Gasteiger partial charge in [0.05, 0.1) is 5.69 Å². The van der Waals surface area contributed by atoms with Crippen LogP contribution in [0, 0.1) is 18.3 Å². The smallest absolute Gasteiger partial charge is 0.263 e. The second-order valence-electron chi connectivity index (χ2n) is 5.61. The van der Waals surface area contributed by atoms with Crippen molar-refractivity contribution in [3.8, 4) is 6.07 Å². The molecule has 4 nitrogen and oxygen atoms in total. The number of anilines is 1. The van der Waals surface area contributed by atoms with Gasteiger partial charge in [0.15, 0.2) is 0 Å². The molecule has 22 heavy (non-hydrogen) atoms. The van der Waals surface area contributed by atoms with Crippen LogP contribution in [0.15, 0.2) is 34.4 Å². The van der Waals surface area contributed by atoms with E-state index in [2.05, 4.69) is 26.6 Å². The van der Waals surface area contributed by atoms with Gasteiger partial charge in [-0.05, 0) is 53.4 Å². The summed E-state index contributed by atoms with van der Waals surface area (Å²) < 4.78 is 0.897. The quantitative estimate of drug-likeness (QED) is 0.628. The maximum Gasteiger partial charge on any atom is 0.263 e. The van der Waals surface area contributed by atoms with Crippen molar-refractivity contribution < 1.29 is 4.79 Å². The fourth-order valence-electron chi connectivity index (χ4n) is 2.55. The fourth-order valence-corrected chi connectivity index (χ4v) is 3.15. The predicted molar refractivity (Wildman–Crippen MR) is 91.2 cm³/mol. The van der Waals surface area contributed by atoms with E-state index >= 15 is 0 Å². The standard InChI is InChI=1S/C17H20BrN3O/c1-12-7-8-16(15(18)9-12)20-11-13(10-19)17(22)21-14-5-3-2-4-6-14/h7-9,11,14,20H,2-6H2,1H3,(H,21,22)/b13-11-. The number of halogens is 1. The summed E-state index contributed by atoms with van der Waals surface area (Å²) in [5, 5.41) is 15.2. The van der Waals surface area contributed by atoms with Gasteiger partial charge in [-0.25, -0.2) is 0 Å². The van der Waals surface area contributed by atoms with Crippen molar-refractivity contribution in [2.45, 2.75) is 45.1 Å². The SMILES string of the molecule is Cc1ccc(N/C=C(/C#N)C(=O)NC2CCCCC2)c(Br)c1. The van der Waals surface area contributed by atoms with Crippen molar-refractivity contribution >= 4 is 27.5 Å². The van der Waals surface area contributed by atoms with E-state index in [0.717, 1.165) is 41.4 Å². The molecule has 0 aromatic heterocycles. The second kappa shape index (κ2) is 8.00. The van der Waals surface area contributed by atoms with Crippen molar-refractivity contribution in [3.63, 3.8) is 0 Å². The zero-order valence-corrected chi connectivity index (χ0v) is 14.2. The van der Waals surface area contributed by atoms with Crippen LogP contribution in [0.5, 0.6) is 0 Å². The Bertz CT molecular complexity index is 613. The molecule has 0 bridgehead atoms. The topological polar surface area (TPSA) is 64.9 Å². The number of nitrogens with one attached hydrogen (secondary N) is 2. The van der Waals surface area contributed by atoms with E-state index in [0.29, 0.717) is 0 Å². The van der Waals surface area contributed by atoms with E-state index in [1.165, 1.54) is 12.6 Å². The summed E-state index contributed by atoms with van der Waals surface area (Å²) in [4.78, 5) is 12.1. The van der Waals surface area contributed by atoms with Gasteiger partial charge < -0.3 is 10.6 Å². The van der Waals surface area contributed by atoms with E-state index in [1.54, 1.807) is 0 Å². The predicted octanol–water partition coefficient (Wildman–Crippen LogP) is 4.03. The number of carbonyl (C=O) groups excluding carboxylic acids is 1. The average Bonchev–Trinajstić information content (AvgIpc) is 2.50. The fraction of sp³-hybridized carbons (Fsp3) is 0.412. The van der Waals surface area contributed by atoms with Gasteiger partial charge in [0.25, 0.3) is 5.91 Å². The molecule has 1 fully saturated rings. The minimum Gasteiger partial charge on any atom is -0.359 e. The van der Waals surface area contributed by atoms with Gasteiger partial charge in [0.1, 0.15) is 11.6 Å². The molecule has 1 saturated carbocycles. The largest absolute Gasteiger partial charge is 0.359 e. The Morgan fingerprint density at radius 1 is 1.36 bits per heavy atom. The van der Waals surface area contributed by atoms with Crippen LogP contribution < -0.4 is 10.6 Å². The molecule has 1 aliphatic carbocycles. The lowest BCUT2D eigenvalue weighted by Gasteiger charge is -2.22. The number of nitrogens with zero attached hydrogens (tertiary/aromatic N) is 1. The molecule has 2 rings (SSSR count). The molecule has 1 aromatic rings. The number of rotatable bonds is 4. The number of carbonyl (C=O) groups is 1. The monoisotopic (exact) mass is 361 g/mol. The maximum atomic E-state index is 12.1. The van der Waals surface area contributed by atoms with Crippen LogP contribution in [0.4, 0.5) is 5.69 Å². The molecule has 0 spiro atoms. The first-order valence-corrected chi connectivity index (χ1v) is 8.33. The molecule has 0 atom stereocenters. The number of hydrogen-bond acceptors (Lipinski definition) is 3. The Balaban J connectivity index is 2.00. The van der Waals surface area contributed by atoms with Crippen LogP contribution in [0.25, 0.3) is 0 Å². The third kappa shape index (κ3) is 4.60. The molecular formula is C17H20BrN3O. The summed E-state index contributed by atoms with van der Waals surface area (Å²) in [5.74, 6) is -0.301. The molecule has 2 N–H and O–H groups in total. The molecule has 0 radical (unpaired) electrons. The number of amides is 1. The van der Waals surface area contributed by atoms with E-state index in [1.807, 2.05) is 31.2 Å². The van der Waals surface area contributed by atoms with Gasteiger partial charge in [0.2, 0.25) is 0 Å². The molecule has 0 aliphatic heterocycles. The van der Waals surface area contributed by atoms with Crippen LogP contribution >= 0.6 is 15.9 Å². The Morgan fingerprint density at radius 3 is 2.73 bits per heavy atom. The van der Waals surface area contributed by atoms with Crippen molar-refractivity contribution in [3.05, 3.63) is 40.0 Å². The summed E-state index contributed by atoms with van der Waals surface area (Å²) in [5.41, 5.74) is 2.05. The van der Waals surface area contributed by atoms with Crippen LogP contribution in [0.3, 0.4) is 0 Å². The van der Waals surface area contributed by atoms with Gasteiger partial charge in [-0.2, -0.15) is 5.26 Å². The van der Waals surface area contributed by atoms with Crippen molar-refractivity contribution in [2.75, 3.05) is 5.32 Å². The zero-order chi connectivity index (χ0) is 15.9. The lowest BCUT2D eigenvalue weighted by Crippen LogP contribution is -2.37. The van der Waals surface area contributed by atoms with Gasteiger partial charge in [0, 0.05) is 16.7 Å². The highest BCUT2D eigenvalue weighted by Crippen LogP contribution is 2.23. The minimum atomic E-state index is -0.301. The summed E-state index contributed by atoms with van der Waals surface area (Å²) in [7, 11) is 0. The van der Waals surface area contributed by atoms with Crippen molar-refractivity contribution in [1.82, 2.24) is 5.32 Å². The number of benzene rings is 1. The third-order valence-corrected chi connectivity index (χ3v) is 4.46. The van der Waals surface area contributed by atoms with Gasteiger partial charge in [-0.15, -0.1) is 0 Å². The molecule has 0 unspecified atom stereocenters. The molecule has 0 heterocycles. The first kappa shape index (κ1) is 16.6. The molecule has 5 heteroatoms. The van der Waals surface area contributed by atoms with Gasteiger partial charge >= 0.3 is 0 Å². The molecular weight excluding hydrogens is 342 g/mol. The number of aryl methyl sites for hydroxylation is 1. The first-order chi connectivity index (χ1) is 10.6. The summed E-state index contributed by atoms with van der Waals surface area (Å²) in [6, 6.07) is 8.01. The lowest BCUT2D eigenvalue weighted by molar-refractivity contribution is -0.118. The number of hydrogen-bond donors (Lipinski definition) is 2. The van der Waals surface area contributed by atoms with Crippen LogP contribution in [-0.4, -0.2) is 11.9 Å². The van der Waals surface area contributed by atoms with E-state index in [4.69, 9.17) is 0 Å². The van der Waals surface area contributed by atoms with Crippen LogP contribution in [0.1, 0.15) is 37.7 Å².